The number of nitrogens with zero attached hydrogens (tertiary/aromatic N) is 1. The highest BCUT2D eigenvalue weighted by Crippen LogP contribution is 2.55. The number of fused-ring (bicyclic) bond motifs is 1. The van der Waals surface area contributed by atoms with Crippen molar-refractivity contribution in [1.29, 1.82) is 0 Å². The maximum Gasteiger partial charge on any atom is 0.258 e. The maximum atomic E-state index is 13.4. The lowest BCUT2D eigenvalue weighted by atomic mass is 9.73. The Morgan fingerprint density at radius 1 is 1.31 bits per heavy atom. The Hall–Kier alpha value is -2.08. The topological polar surface area (TPSA) is 67.9 Å². The van der Waals surface area contributed by atoms with E-state index >= 15 is 0 Å². The number of hydrogen-bond donors (Lipinski definition) is 1. The van der Waals surface area contributed by atoms with Crippen molar-refractivity contribution < 1.29 is 19.1 Å². The molecule has 5 rings (SSSR count). The minimum Gasteiger partial charge on any atom is -0.496 e. The summed E-state index contributed by atoms with van der Waals surface area (Å²) in [5, 5.41) is 3.15. The molecule has 3 saturated heterocycles. The van der Waals surface area contributed by atoms with E-state index in [4.69, 9.17) is 9.47 Å². The number of nitrogens with one attached hydrogen (secondary N) is 1. The number of amides is 2. The van der Waals surface area contributed by atoms with E-state index in [9.17, 15) is 9.59 Å². The van der Waals surface area contributed by atoms with E-state index in [1.807, 2.05) is 30.0 Å². The van der Waals surface area contributed by atoms with Crippen molar-refractivity contribution in [1.82, 2.24) is 10.2 Å². The summed E-state index contributed by atoms with van der Waals surface area (Å²) in [6, 6.07) is 5.70. The van der Waals surface area contributed by atoms with Crippen LogP contribution in [0.15, 0.2) is 18.2 Å². The molecule has 1 N–H and O–H groups in total. The van der Waals surface area contributed by atoms with Crippen LogP contribution < -0.4 is 10.1 Å². The Morgan fingerprint density at radius 3 is 2.90 bits per heavy atom. The molecule has 1 spiro atoms. The fraction of sp³-hybridized carbons (Fsp3) is 0.652. The van der Waals surface area contributed by atoms with Crippen LogP contribution in [0.5, 0.6) is 5.75 Å². The highest BCUT2D eigenvalue weighted by molar-refractivity contribution is 5.98. The first-order chi connectivity index (χ1) is 14.0. The fourth-order valence-electron chi connectivity index (χ4n) is 5.75. The summed E-state index contributed by atoms with van der Waals surface area (Å²) in [5.41, 5.74) is 1.34. The summed E-state index contributed by atoms with van der Waals surface area (Å²) >= 11 is 0. The van der Waals surface area contributed by atoms with Gasteiger partial charge < -0.3 is 19.7 Å². The van der Waals surface area contributed by atoms with Crippen molar-refractivity contribution in [2.75, 3.05) is 26.7 Å². The number of methoxy groups -OCH3 is 1. The lowest BCUT2D eigenvalue weighted by Gasteiger charge is -2.29. The zero-order valence-electron chi connectivity index (χ0n) is 17.3. The van der Waals surface area contributed by atoms with Gasteiger partial charge in [0.1, 0.15) is 5.75 Å². The normalized spacial score (nSPS) is 32.3. The van der Waals surface area contributed by atoms with Gasteiger partial charge in [-0.3, -0.25) is 9.59 Å². The fourth-order valence-corrected chi connectivity index (χ4v) is 5.75. The lowest BCUT2D eigenvalue weighted by Crippen LogP contribution is -2.41. The molecule has 0 unspecified atom stereocenters. The van der Waals surface area contributed by atoms with Gasteiger partial charge in [-0.25, -0.2) is 0 Å². The first-order valence-electron chi connectivity index (χ1n) is 10.9. The highest BCUT2D eigenvalue weighted by atomic mass is 16.5. The second-order valence-electron chi connectivity index (χ2n) is 9.32. The average molecular weight is 399 g/mol. The van der Waals surface area contributed by atoms with Gasteiger partial charge in [-0.05, 0) is 50.2 Å². The third-order valence-electron chi connectivity index (χ3n) is 7.45. The molecule has 0 aromatic heterocycles. The maximum absolute atomic E-state index is 13.4. The standard InChI is InChI=1S/C23H30N2O4/c1-14-4-3-5-19(28-2)21(14)22(27)25-12-17-16(11-24-20(26)10-15-6-7-15)18-8-9-23(17,13-25)29-18/h3-5,15-18H,6-13H2,1-2H3,(H,24,26)/t16-,17+,18+,23+/m0/s1. The van der Waals surface area contributed by atoms with Gasteiger partial charge in [0.2, 0.25) is 5.91 Å². The van der Waals surface area contributed by atoms with E-state index in [2.05, 4.69) is 5.32 Å². The highest BCUT2D eigenvalue weighted by Gasteiger charge is 2.63. The molecule has 1 aromatic rings. The second kappa shape index (κ2) is 7.01. The molecule has 3 aliphatic heterocycles. The summed E-state index contributed by atoms with van der Waals surface area (Å²) in [7, 11) is 1.61. The number of hydrogen-bond acceptors (Lipinski definition) is 4. The van der Waals surface area contributed by atoms with E-state index in [1.54, 1.807) is 7.11 Å². The van der Waals surface area contributed by atoms with Crippen molar-refractivity contribution in [3.8, 4) is 5.75 Å². The molecule has 0 radical (unpaired) electrons. The largest absolute Gasteiger partial charge is 0.496 e. The Bertz CT molecular complexity index is 836. The summed E-state index contributed by atoms with van der Waals surface area (Å²) in [6.45, 7) is 3.94. The van der Waals surface area contributed by atoms with Crippen LogP contribution in [0, 0.1) is 24.7 Å². The van der Waals surface area contributed by atoms with Crippen LogP contribution in [0.2, 0.25) is 0 Å². The van der Waals surface area contributed by atoms with Crippen molar-refractivity contribution in [2.45, 2.75) is 50.7 Å². The van der Waals surface area contributed by atoms with Crippen LogP contribution in [-0.2, 0) is 9.53 Å². The molecular formula is C23H30N2O4. The molecular weight excluding hydrogens is 368 g/mol. The molecule has 4 aliphatic rings. The lowest BCUT2D eigenvalue weighted by molar-refractivity contribution is -0.121. The van der Waals surface area contributed by atoms with Crippen LogP contribution in [0.25, 0.3) is 0 Å². The molecule has 6 heteroatoms. The van der Waals surface area contributed by atoms with Gasteiger partial charge in [0.15, 0.2) is 0 Å². The molecule has 2 amide bonds. The summed E-state index contributed by atoms with van der Waals surface area (Å²) < 4.78 is 11.9. The van der Waals surface area contributed by atoms with E-state index in [0.29, 0.717) is 55.1 Å². The molecule has 6 nitrogen and oxygen atoms in total. The van der Waals surface area contributed by atoms with Crippen molar-refractivity contribution in [2.24, 2.45) is 17.8 Å². The second-order valence-corrected chi connectivity index (χ2v) is 9.32. The minimum atomic E-state index is -0.234. The minimum absolute atomic E-state index is 0.0206. The molecule has 1 saturated carbocycles. The number of benzene rings is 1. The van der Waals surface area contributed by atoms with Gasteiger partial charge in [-0.1, -0.05) is 12.1 Å². The van der Waals surface area contributed by atoms with Gasteiger partial charge in [0, 0.05) is 31.3 Å². The molecule has 29 heavy (non-hydrogen) atoms. The number of likely N-dealkylation sites (tertiary alicyclic amines) is 1. The zero-order chi connectivity index (χ0) is 20.2. The first kappa shape index (κ1) is 18.9. The predicted molar refractivity (Wildman–Crippen MR) is 108 cm³/mol. The Kier molecular flexibility index (Phi) is 4.57. The van der Waals surface area contributed by atoms with Gasteiger partial charge in [0.05, 0.1) is 30.9 Å². The van der Waals surface area contributed by atoms with Crippen molar-refractivity contribution in [3.05, 3.63) is 29.3 Å². The van der Waals surface area contributed by atoms with E-state index in [0.717, 1.165) is 18.4 Å². The van der Waals surface area contributed by atoms with E-state index < -0.39 is 0 Å². The summed E-state index contributed by atoms with van der Waals surface area (Å²) in [5.74, 6) is 2.00. The third kappa shape index (κ3) is 3.21. The molecule has 1 aliphatic carbocycles. The van der Waals surface area contributed by atoms with E-state index in [-0.39, 0.29) is 23.5 Å². The van der Waals surface area contributed by atoms with Crippen LogP contribution >= 0.6 is 0 Å². The van der Waals surface area contributed by atoms with Crippen LogP contribution in [-0.4, -0.2) is 55.2 Å². The quantitative estimate of drug-likeness (QED) is 0.800. The number of ether oxygens (including phenoxy) is 2. The van der Waals surface area contributed by atoms with Gasteiger partial charge in [0.25, 0.3) is 5.91 Å². The molecule has 1 aromatic carbocycles. The van der Waals surface area contributed by atoms with Crippen molar-refractivity contribution >= 4 is 11.8 Å². The Labute approximate surface area is 171 Å². The monoisotopic (exact) mass is 398 g/mol. The SMILES string of the molecule is COc1cccc(C)c1C(=O)N1C[C@@H]2[C@H](CNC(=O)CC3CC3)[C@H]3CC[C@]2(C1)O3. The predicted octanol–water partition coefficient (Wildman–Crippen LogP) is 2.54. The number of aryl methyl sites for hydroxylation is 1. The number of rotatable bonds is 6. The smallest absolute Gasteiger partial charge is 0.258 e. The molecule has 156 valence electrons. The van der Waals surface area contributed by atoms with Gasteiger partial charge in [-0.15, -0.1) is 0 Å². The van der Waals surface area contributed by atoms with Crippen LogP contribution in [0.1, 0.15) is 48.0 Å². The van der Waals surface area contributed by atoms with Gasteiger partial charge >= 0.3 is 0 Å². The Morgan fingerprint density at radius 2 is 2.14 bits per heavy atom. The van der Waals surface area contributed by atoms with E-state index in [1.165, 1.54) is 12.8 Å². The molecule has 2 bridgehead atoms. The van der Waals surface area contributed by atoms with Crippen LogP contribution in [0.4, 0.5) is 0 Å². The molecule has 4 atom stereocenters. The summed E-state index contributed by atoms with van der Waals surface area (Å²) in [6.07, 6.45) is 5.28. The summed E-state index contributed by atoms with van der Waals surface area (Å²) in [4.78, 5) is 27.5. The zero-order valence-corrected chi connectivity index (χ0v) is 17.3. The van der Waals surface area contributed by atoms with Gasteiger partial charge in [-0.2, -0.15) is 0 Å². The molecule has 4 fully saturated rings. The Balaban J connectivity index is 1.30. The molecule has 3 heterocycles. The average Bonchev–Trinajstić information content (AvgIpc) is 3.19. The number of carbonyl (C=O) groups is 2. The number of carbonyl (C=O) groups excluding carboxylic acids is 2. The van der Waals surface area contributed by atoms with Crippen molar-refractivity contribution in [3.63, 3.8) is 0 Å². The van der Waals surface area contributed by atoms with Crippen LogP contribution in [0.3, 0.4) is 0 Å². The third-order valence-corrected chi connectivity index (χ3v) is 7.45. The first-order valence-corrected chi connectivity index (χ1v) is 10.9.